The standard InChI is InChI=1S/C14H13Cl2NO2S/c15-12-5-7-13(8-6-12)20(18,19)17-10-9-11-3-1-2-4-14(11)16/h1-8,17H,9-10H2. The van der Waals surface area contributed by atoms with Crippen LogP contribution in [0.5, 0.6) is 0 Å². The van der Waals surface area contributed by atoms with Crippen molar-refractivity contribution in [1.82, 2.24) is 4.72 Å². The molecule has 0 unspecified atom stereocenters. The molecule has 0 heterocycles. The Balaban J connectivity index is 2.00. The zero-order chi connectivity index (χ0) is 14.6. The average molecular weight is 330 g/mol. The molecule has 0 bridgehead atoms. The van der Waals surface area contributed by atoms with E-state index < -0.39 is 10.0 Å². The van der Waals surface area contributed by atoms with Gasteiger partial charge in [-0.05, 0) is 42.3 Å². The molecular formula is C14H13Cl2NO2S. The SMILES string of the molecule is O=S(=O)(NCCc1ccccc1Cl)c1ccc(Cl)cc1. The minimum atomic E-state index is -3.51. The second-order valence-corrected chi connectivity index (χ2v) is 6.80. The van der Waals surface area contributed by atoms with E-state index in [1.807, 2.05) is 18.2 Å². The number of nitrogens with one attached hydrogen (secondary N) is 1. The van der Waals surface area contributed by atoms with E-state index in [1.165, 1.54) is 12.1 Å². The fraction of sp³-hybridized carbons (Fsp3) is 0.143. The van der Waals surface area contributed by atoms with Gasteiger partial charge in [-0.1, -0.05) is 41.4 Å². The molecule has 0 aliphatic rings. The molecule has 2 rings (SSSR count). The van der Waals surface area contributed by atoms with E-state index in [0.717, 1.165) is 5.56 Å². The molecular weight excluding hydrogens is 317 g/mol. The minimum absolute atomic E-state index is 0.195. The maximum Gasteiger partial charge on any atom is 0.240 e. The van der Waals surface area contributed by atoms with Gasteiger partial charge in [0.05, 0.1) is 4.90 Å². The number of rotatable bonds is 5. The molecule has 3 nitrogen and oxygen atoms in total. The van der Waals surface area contributed by atoms with Crippen LogP contribution in [-0.4, -0.2) is 15.0 Å². The van der Waals surface area contributed by atoms with Gasteiger partial charge in [-0.3, -0.25) is 0 Å². The van der Waals surface area contributed by atoms with Crippen LogP contribution in [0.3, 0.4) is 0 Å². The summed E-state index contributed by atoms with van der Waals surface area (Å²) in [6, 6.07) is 13.4. The Morgan fingerprint density at radius 3 is 2.25 bits per heavy atom. The quantitative estimate of drug-likeness (QED) is 0.912. The summed E-state index contributed by atoms with van der Waals surface area (Å²) in [5, 5.41) is 1.14. The first kappa shape index (κ1) is 15.3. The molecule has 0 fully saturated rings. The predicted octanol–water partition coefficient (Wildman–Crippen LogP) is 3.51. The van der Waals surface area contributed by atoms with E-state index in [0.29, 0.717) is 16.5 Å². The highest BCUT2D eigenvalue weighted by molar-refractivity contribution is 7.89. The van der Waals surface area contributed by atoms with Gasteiger partial charge in [0.2, 0.25) is 10.0 Å². The molecule has 1 N–H and O–H groups in total. The Hall–Kier alpha value is -1.07. The Bertz CT molecular complexity index is 685. The molecule has 0 aliphatic carbocycles. The number of hydrogen-bond acceptors (Lipinski definition) is 2. The van der Waals surface area contributed by atoms with Gasteiger partial charge in [-0.15, -0.1) is 0 Å². The van der Waals surface area contributed by atoms with Crippen LogP contribution in [0.1, 0.15) is 5.56 Å². The van der Waals surface area contributed by atoms with Crippen LogP contribution in [0.25, 0.3) is 0 Å². The molecule has 0 saturated carbocycles. The van der Waals surface area contributed by atoms with Gasteiger partial charge >= 0.3 is 0 Å². The van der Waals surface area contributed by atoms with E-state index in [1.54, 1.807) is 18.2 Å². The van der Waals surface area contributed by atoms with Crippen molar-refractivity contribution in [2.24, 2.45) is 0 Å². The first-order valence-electron chi connectivity index (χ1n) is 5.98. The summed E-state index contributed by atoms with van der Waals surface area (Å²) < 4.78 is 26.6. The number of halogens is 2. The highest BCUT2D eigenvalue weighted by Crippen LogP contribution is 2.16. The van der Waals surface area contributed by atoms with Crippen LogP contribution in [0, 0.1) is 0 Å². The van der Waals surface area contributed by atoms with E-state index in [-0.39, 0.29) is 11.4 Å². The van der Waals surface area contributed by atoms with Crippen molar-refractivity contribution in [3.05, 3.63) is 64.1 Å². The lowest BCUT2D eigenvalue weighted by Gasteiger charge is -2.08. The molecule has 2 aromatic carbocycles. The van der Waals surface area contributed by atoms with Gasteiger partial charge in [0, 0.05) is 16.6 Å². The largest absolute Gasteiger partial charge is 0.240 e. The van der Waals surface area contributed by atoms with E-state index in [4.69, 9.17) is 23.2 Å². The zero-order valence-electron chi connectivity index (χ0n) is 10.5. The van der Waals surface area contributed by atoms with Crippen LogP contribution in [0.15, 0.2) is 53.4 Å². The molecule has 106 valence electrons. The van der Waals surface area contributed by atoms with Gasteiger partial charge in [0.1, 0.15) is 0 Å². The summed E-state index contributed by atoms with van der Waals surface area (Å²) >= 11 is 11.8. The summed E-state index contributed by atoms with van der Waals surface area (Å²) in [6.45, 7) is 0.286. The first-order valence-corrected chi connectivity index (χ1v) is 8.21. The lowest BCUT2D eigenvalue weighted by Crippen LogP contribution is -2.26. The van der Waals surface area contributed by atoms with Gasteiger partial charge in [0.25, 0.3) is 0 Å². The van der Waals surface area contributed by atoms with Crippen LogP contribution in [-0.2, 0) is 16.4 Å². The highest BCUT2D eigenvalue weighted by atomic mass is 35.5. The van der Waals surface area contributed by atoms with E-state index in [9.17, 15) is 8.42 Å². The van der Waals surface area contributed by atoms with Gasteiger partial charge in [-0.2, -0.15) is 0 Å². The molecule has 0 aliphatic heterocycles. The van der Waals surface area contributed by atoms with Crippen LogP contribution >= 0.6 is 23.2 Å². The van der Waals surface area contributed by atoms with Crippen molar-refractivity contribution in [2.45, 2.75) is 11.3 Å². The Morgan fingerprint density at radius 2 is 1.60 bits per heavy atom. The topological polar surface area (TPSA) is 46.2 Å². The minimum Gasteiger partial charge on any atom is -0.211 e. The molecule has 20 heavy (non-hydrogen) atoms. The Morgan fingerprint density at radius 1 is 0.950 bits per heavy atom. The van der Waals surface area contributed by atoms with Crippen molar-refractivity contribution in [3.63, 3.8) is 0 Å². The van der Waals surface area contributed by atoms with Crippen LogP contribution < -0.4 is 4.72 Å². The average Bonchev–Trinajstić information content (AvgIpc) is 2.41. The van der Waals surface area contributed by atoms with Crippen molar-refractivity contribution in [2.75, 3.05) is 6.54 Å². The smallest absolute Gasteiger partial charge is 0.211 e. The highest BCUT2D eigenvalue weighted by Gasteiger charge is 2.13. The number of hydrogen-bond donors (Lipinski definition) is 1. The van der Waals surface area contributed by atoms with Crippen molar-refractivity contribution in [3.8, 4) is 0 Å². The maximum absolute atomic E-state index is 12.0. The van der Waals surface area contributed by atoms with Crippen molar-refractivity contribution >= 4 is 33.2 Å². The second kappa shape index (κ2) is 6.59. The molecule has 0 aromatic heterocycles. The van der Waals surface area contributed by atoms with Crippen LogP contribution in [0.4, 0.5) is 0 Å². The van der Waals surface area contributed by atoms with Gasteiger partial charge in [-0.25, -0.2) is 13.1 Å². The Labute approximate surface area is 128 Å². The maximum atomic E-state index is 12.0. The summed E-state index contributed by atoms with van der Waals surface area (Å²) in [7, 11) is -3.51. The van der Waals surface area contributed by atoms with Crippen molar-refractivity contribution in [1.29, 1.82) is 0 Å². The third-order valence-electron chi connectivity index (χ3n) is 2.77. The number of benzene rings is 2. The van der Waals surface area contributed by atoms with E-state index in [2.05, 4.69) is 4.72 Å². The molecule has 0 amide bonds. The monoisotopic (exact) mass is 329 g/mol. The first-order chi connectivity index (χ1) is 9.49. The third-order valence-corrected chi connectivity index (χ3v) is 4.87. The van der Waals surface area contributed by atoms with Crippen molar-refractivity contribution < 1.29 is 8.42 Å². The predicted molar refractivity (Wildman–Crippen MR) is 81.8 cm³/mol. The third kappa shape index (κ3) is 3.96. The molecule has 0 spiro atoms. The molecule has 0 radical (unpaired) electrons. The normalized spacial score (nSPS) is 11.5. The van der Waals surface area contributed by atoms with Crippen LogP contribution in [0.2, 0.25) is 10.0 Å². The lowest BCUT2D eigenvalue weighted by molar-refractivity contribution is 0.581. The number of sulfonamides is 1. The molecule has 2 aromatic rings. The summed E-state index contributed by atoms with van der Waals surface area (Å²) in [4.78, 5) is 0.195. The summed E-state index contributed by atoms with van der Waals surface area (Å²) in [5.41, 5.74) is 0.910. The fourth-order valence-electron chi connectivity index (χ4n) is 1.72. The van der Waals surface area contributed by atoms with Gasteiger partial charge < -0.3 is 0 Å². The van der Waals surface area contributed by atoms with E-state index >= 15 is 0 Å². The second-order valence-electron chi connectivity index (χ2n) is 4.19. The van der Waals surface area contributed by atoms with Gasteiger partial charge in [0.15, 0.2) is 0 Å². The zero-order valence-corrected chi connectivity index (χ0v) is 12.8. The lowest BCUT2D eigenvalue weighted by atomic mass is 10.1. The summed E-state index contributed by atoms with van der Waals surface area (Å²) in [5.74, 6) is 0. The molecule has 6 heteroatoms. The summed E-state index contributed by atoms with van der Waals surface area (Å²) in [6.07, 6.45) is 0.534. The molecule has 0 atom stereocenters. The molecule has 0 saturated heterocycles. The Kier molecular flexibility index (Phi) is 5.05. The fourth-order valence-corrected chi connectivity index (χ4v) is 3.11.